The summed E-state index contributed by atoms with van der Waals surface area (Å²) in [6.07, 6.45) is 4.43. The van der Waals surface area contributed by atoms with Gasteiger partial charge >= 0.3 is 0 Å². The predicted molar refractivity (Wildman–Crippen MR) is 106 cm³/mol. The van der Waals surface area contributed by atoms with Gasteiger partial charge in [0.05, 0.1) is 22.9 Å². The van der Waals surface area contributed by atoms with Crippen molar-refractivity contribution < 1.29 is 9.18 Å². The molecule has 3 aromatic rings. The molecular weight excluding hydrogens is 377 g/mol. The van der Waals surface area contributed by atoms with Crippen molar-refractivity contribution in [2.45, 2.75) is 38.3 Å². The van der Waals surface area contributed by atoms with Gasteiger partial charge < -0.3 is 4.90 Å². The molecule has 2 aromatic carbocycles. The zero-order chi connectivity index (χ0) is 19.3. The largest absolute Gasteiger partial charge is 0.328 e. The first-order valence-electron chi connectivity index (χ1n) is 9.57. The molecule has 28 heavy (non-hydrogen) atoms. The molecule has 5 rings (SSSR count). The molecule has 1 aromatic heterocycles. The number of rotatable bonds is 3. The minimum atomic E-state index is -0.310. The molecule has 0 radical (unpaired) electrons. The number of nitrogens with zero attached hydrogens (tertiary/aromatic N) is 3. The van der Waals surface area contributed by atoms with Crippen LogP contribution in [0.25, 0.3) is 17.1 Å². The average Bonchev–Trinajstić information content (AvgIpc) is 3.40. The third-order valence-corrected chi connectivity index (χ3v) is 6.04. The van der Waals surface area contributed by atoms with Gasteiger partial charge in [0.1, 0.15) is 11.6 Å². The summed E-state index contributed by atoms with van der Waals surface area (Å²) >= 11 is 6.49. The molecule has 1 aliphatic heterocycles. The summed E-state index contributed by atoms with van der Waals surface area (Å²) in [5, 5.41) is 0.581. The van der Waals surface area contributed by atoms with Crippen LogP contribution < -0.4 is 0 Å². The molecule has 4 nitrogen and oxygen atoms in total. The molecule has 6 heteroatoms. The second kappa shape index (κ2) is 6.74. The predicted octanol–water partition coefficient (Wildman–Crippen LogP) is 5.23. The fraction of sp³-hybridized carbons (Fsp3) is 0.273. The third-order valence-electron chi connectivity index (χ3n) is 5.72. The minimum Gasteiger partial charge on any atom is -0.328 e. The van der Waals surface area contributed by atoms with Crippen LogP contribution in [-0.2, 0) is 6.54 Å². The van der Waals surface area contributed by atoms with E-state index in [0.717, 1.165) is 42.6 Å². The van der Waals surface area contributed by atoms with Crippen LogP contribution >= 0.6 is 11.6 Å². The number of para-hydroxylation sites is 1. The number of amides is 1. The summed E-state index contributed by atoms with van der Waals surface area (Å²) in [6.45, 7) is 0.526. The average molecular weight is 396 g/mol. The Balaban J connectivity index is 1.67. The van der Waals surface area contributed by atoms with Crippen molar-refractivity contribution in [3.8, 4) is 17.1 Å². The van der Waals surface area contributed by atoms with Gasteiger partial charge in [0, 0.05) is 11.6 Å². The quantitative estimate of drug-likeness (QED) is 0.609. The molecule has 1 saturated carbocycles. The molecule has 1 aliphatic carbocycles. The Bertz CT molecular complexity index is 1050. The van der Waals surface area contributed by atoms with E-state index >= 15 is 0 Å². The monoisotopic (exact) mass is 395 g/mol. The fourth-order valence-corrected chi connectivity index (χ4v) is 4.56. The Morgan fingerprint density at radius 2 is 1.75 bits per heavy atom. The normalized spacial score (nSPS) is 16.8. The summed E-state index contributed by atoms with van der Waals surface area (Å²) in [5.41, 5.74) is 2.85. The molecule has 0 spiro atoms. The van der Waals surface area contributed by atoms with Crippen molar-refractivity contribution in [2.24, 2.45) is 0 Å². The number of benzene rings is 2. The maximum absolute atomic E-state index is 13.4. The Morgan fingerprint density at radius 1 is 1.04 bits per heavy atom. The van der Waals surface area contributed by atoms with E-state index in [0.29, 0.717) is 23.1 Å². The Morgan fingerprint density at radius 3 is 2.46 bits per heavy atom. The zero-order valence-corrected chi connectivity index (χ0v) is 16.0. The lowest BCUT2D eigenvalue weighted by Crippen LogP contribution is -2.34. The summed E-state index contributed by atoms with van der Waals surface area (Å²) in [5.74, 6) is 0.282. The molecule has 2 heterocycles. The first-order valence-corrected chi connectivity index (χ1v) is 9.94. The van der Waals surface area contributed by atoms with E-state index in [1.807, 2.05) is 33.7 Å². The first-order chi connectivity index (χ1) is 13.6. The van der Waals surface area contributed by atoms with Gasteiger partial charge in [-0.05, 0) is 49.2 Å². The number of carbonyl (C=O) groups is 1. The second-order valence-corrected chi connectivity index (χ2v) is 7.80. The molecule has 0 bridgehead atoms. The van der Waals surface area contributed by atoms with E-state index < -0.39 is 0 Å². The number of halogens is 2. The van der Waals surface area contributed by atoms with Crippen molar-refractivity contribution in [1.82, 2.24) is 14.5 Å². The van der Waals surface area contributed by atoms with Crippen molar-refractivity contribution >= 4 is 17.5 Å². The molecule has 0 unspecified atom stereocenters. The van der Waals surface area contributed by atoms with E-state index in [1.165, 1.54) is 12.1 Å². The highest BCUT2D eigenvalue weighted by atomic mass is 35.5. The lowest BCUT2D eigenvalue weighted by Gasteiger charge is -2.24. The third kappa shape index (κ3) is 2.73. The molecule has 1 amide bonds. The van der Waals surface area contributed by atoms with Gasteiger partial charge in [-0.2, -0.15) is 0 Å². The minimum absolute atomic E-state index is 0.0175. The Kier molecular flexibility index (Phi) is 4.20. The van der Waals surface area contributed by atoms with Crippen molar-refractivity contribution in [1.29, 1.82) is 0 Å². The van der Waals surface area contributed by atoms with E-state index in [4.69, 9.17) is 16.6 Å². The highest BCUT2D eigenvalue weighted by molar-refractivity contribution is 6.32. The second-order valence-electron chi connectivity index (χ2n) is 7.40. The van der Waals surface area contributed by atoms with Gasteiger partial charge in [0.25, 0.3) is 5.91 Å². The molecule has 142 valence electrons. The Labute approximate surface area is 167 Å². The number of hydrogen-bond acceptors (Lipinski definition) is 2. The highest BCUT2D eigenvalue weighted by Gasteiger charge is 2.39. The highest BCUT2D eigenvalue weighted by Crippen LogP contribution is 2.37. The molecule has 0 N–H and O–H groups in total. The maximum atomic E-state index is 13.4. The van der Waals surface area contributed by atoms with Crippen LogP contribution in [0.3, 0.4) is 0 Å². The zero-order valence-electron chi connectivity index (χ0n) is 15.2. The summed E-state index contributed by atoms with van der Waals surface area (Å²) in [4.78, 5) is 19.8. The number of aromatic nitrogens is 2. The van der Waals surface area contributed by atoms with Crippen LogP contribution in [0.15, 0.2) is 48.5 Å². The van der Waals surface area contributed by atoms with Crippen LogP contribution in [0.2, 0.25) is 5.02 Å². The lowest BCUT2D eigenvalue weighted by molar-refractivity contribution is 0.0700. The van der Waals surface area contributed by atoms with Gasteiger partial charge in [-0.1, -0.05) is 36.6 Å². The van der Waals surface area contributed by atoms with Crippen LogP contribution in [0.4, 0.5) is 4.39 Å². The van der Waals surface area contributed by atoms with Crippen LogP contribution in [0, 0.1) is 5.82 Å². The number of hydrogen-bond donors (Lipinski definition) is 0. The van der Waals surface area contributed by atoms with E-state index in [9.17, 15) is 9.18 Å². The Hall–Kier alpha value is -2.66. The fourth-order valence-electron chi connectivity index (χ4n) is 4.34. The maximum Gasteiger partial charge on any atom is 0.275 e. The summed E-state index contributed by atoms with van der Waals surface area (Å²) in [6, 6.07) is 14.0. The molecule has 1 fully saturated rings. The van der Waals surface area contributed by atoms with Crippen LogP contribution in [-0.4, -0.2) is 26.4 Å². The first kappa shape index (κ1) is 17.4. The number of imidazole rings is 1. The lowest BCUT2D eigenvalue weighted by atomic mass is 10.2. The van der Waals surface area contributed by atoms with Crippen LogP contribution in [0.5, 0.6) is 0 Å². The van der Waals surface area contributed by atoms with E-state index in [1.54, 1.807) is 12.1 Å². The van der Waals surface area contributed by atoms with E-state index in [2.05, 4.69) is 0 Å². The van der Waals surface area contributed by atoms with Crippen molar-refractivity contribution in [3.63, 3.8) is 0 Å². The topological polar surface area (TPSA) is 38.1 Å². The van der Waals surface area contributed by atoms with Crippen molar-refractivity contribution in [2.75, 3.05) is 0 Å². The number of fused-ring (bicyclic) bond motifs is 1. The van der Waals surface area contributed by atoms with Crippen LogP contribution in [0.1, 0.15) is 41.9 Å². The van der Waals surface area contributed by atoms with Gasteiger partial charge in [0.2, 0.25) is 0 Å². The van der Waals surface area contributed by atoms with Gasteiger partial charge in [-0.15, -0.1) is 0 Å². The SMILES string of the molecule is O=C1c2nc(-c3ccc(F)cc3)n(-c3ccccc3Cl)c2CN1C1CCCC1. The molecular formula is C22H19ClFN3O. The number of carbonyl (C=O) groups excluding carboxylic acids is 1. The molecule has 0 saturated heterocycles. The van der Waals surface area contributed by atoms with Gasteiger partial charge in [-0.25, -0.2) is 9.37 Å². The summed E-state index contributed by atoms with van der Waals surface area (Å²) < 4.78 is 15.4. The van der Waals surface area contributed by atoms with Gasteiger partial charge in [0.15, 0.2) is 5.69 Å². The van der Waals surface area contributed by atoms with Gasteiger partial charge in [-0.3, -0.25) is 9.36 Å². The summed E-state index contributed by atoms with van der Waals surface area (Å²) in [7, 11) is 0. The standard InChI is InChI=1S/C22H19ClFN3O/c23-17-7-3-4-8-18(17)27-19-13-26(16-5-1-2-6-16)22(28)20(19)25-21(27)14-9-11-15(24)12-10-14/h3-4,7-12,16H,1-2,5-6,13H2. The molecule has 2 aliphatic rings. The van der Waals surface area contributed by atoms with E-state index in [-0.39, 0.29) is 17.8 Å². The smallest absolute Gasteiger partial charge is 0.275 e. The van der Waals surface area contributed by atoms with Crippen molar-refractivity contribution in [3.05, 3.63) is 70.8 Å². The molecule has 0 atom stereocenters.